The molecule has 0 fully saturated rings. The van der Waals surface area contributed by atoms with Crippen LogP contribution >= 0.6 is 0 Å². The number of hydrogen-bond acceptors (Lipinski definition) is 7. The van der Waals surface area contributed by atoms with Crippen molar-refractivity contribution in [1.29, 1.82) is 0 Å². The first kappa shape index (κ1) is 18.3. The number of rotatable bonds is 4. The van der Waals surface area contributed by atoms with Crippen LogP contribution in [0.15, 0.2) is 65.9 Å². The van der Waals surface area contributed by atoms with Crippen molar-refractivity contribution in [3.63, 3.8) is 0 Å². The molecule has 3 aromatic rings. The number of pyridine rings is 1. The Labute approximate surface area is 174 Å². The summed E-state index contributed by atoms with van der Waals surface area (Å²) >= 11 is 0. The third kappa shape index (κ3) is 2.90. The SMILES string of the molecule is COc1cc(C2=NN3[C@@H](C2)c2cccc(OC)c2O[C@H]3c2ccccn2)ccc1O. The van der Waals surface area contributed by atoms with Gasteiger partial charge in [0.05, 0.1) is 26.0 Å². The average molecular weight is 403 g/mol. The van der Waals surface area contributed by atoms with Gasteiger partial charge in [-0.3, -0.25) is 4.98 Å². The number of benzene rings is 2. The fraction of sp³-hybridized carbons (Fsp3) is 0.217. The van der Waals surface area contributed by atoms with E-state index in [0.717, 1.165) is 28.3 Å². The Morgan fingerprint density at radius 1 is 1.03 bits per heavy atom. The van der Waals surface area contributed by atoms with Gasteiger partial charge in [0.15, 0.2) is 23.0 Å². The number of phenolic OH excluding ortho intramolecular Hbond substituents is 1. The van der Waals surface area contributed by atoms with E-state index in [2.05, 4.69) is 4.98 Å². The molecule has 0 aliphatic carbocycles. The molecular weight excluding hydrogens is 382 g/mol. The molecule has 2 aliphatic rings. The highest BCUT2D eigenvalue weighted by atomic mass is 16.5. The van der Waals surface area contributed by atoms with Gasteiger partial charge < -0.3 is 19.3 Å². The lowest BCUT2D eigenvalue weighted by Crippen LogP contribution is -2.34. The molecule has 2 aliphatic heterocycles. The zero-order valence-electron chi connectivity index (χ0n) is 16.6. The van der Waals surface area contributed by atoms with Crippen molar-refractivity contribution >= 4 is 5.71 Å². The van der Waals surface area contributed by atoms with Gasteiger partial charge in [-0.25, -0.2) is 5.01 Å². The number of aromatic nitrogens is 1. The smallest absolute Gasteiger partial charge is 0.230 e. The number of aromatic hydroxyl groups is 1. The van der Waals surface area contributed by atoms with Crippen molar-refractivity contribution < 1.29 is 19.3 Å². The standard InChI is InChI=1S/C23H21N3O4/c1-28-20-8-5-6-15-18-13-17(14-9-10-19(27)21(12-14)29-2)25-26(18)23(30-22(15)20)16-7-3-4-11-24-16/h3-12,18,23,27H,13H2,1-2H3/t18-,23-/m0/s1. The van der Waals surface area contributed by atoms with Gasteiger partial charge in [0.25, 0.3) is 0 Å². The van der Waals surface area contributed by atoms with E-state index in [1.807, 2.05) is 47.5 Å². The molecule has 0 bridgehead atoms. The molecule has 5 rings (SSSR count). The number of hydrogen-bond donors (Lipinski definition) is 1. The van der Waals surface area contributed by atoms with Crippen molar-refractivity contribution in [2.75, 3.05) is 14.2 Å². The van der Waals surface area contributed by atoms with E-state index in [-0.39, 0.29) is 11.8 Å². The van der Waals surface area contributed by atoms with Crippen molar-refractivity contribution in [1.82, 2.24) is 9.99 Å². The van der Waals surface area contributed by atoms with E-state index >= 15 is 0 Å². The predicted octanol–water partition coefficient (Wildman–Crippen LogP) is 4.05. The topological polar surface area (TPSA) is 76.4 Å². The molecule has 0 saturated heterocycles. The number of nitrogens with zero attached hydrogens (tertiary/aromatic N) is 3. The summed E-state index contributed by atoms with van der Waals surface area (Å²) in [4.78, 5) is 4.50. The van der Waals surface area contributed by atoms with Gasteiger partial charge in [-0.2, -0.15) is 5.10 Å². The van der Waals surface area contributed by atoms with E-state index < -0.39 is 6.23 Å². The molecule has 2 atom stereocenters. The van der Waals surface area contributed by atoms with Crippen molar-refractivity contribution in [2.45, 2.75) is 18.7 Å². The summed E-state index contributed by atoms with van der Waals surface area (Å²) in [5.41, 5.74) is 3.57. The second-order valence-electron chi connectivity index (χ2n) is 7.14. The molecule has 0 spiro atoms. The minimum Gasteiger partial charge on any atom is -0.504 e. The number of phenols is 1. The first-order valence-corrected chi connectivity index (χ1v) is 9.67. The minimum atomic E-state index is -0.475. The third-order valence-electron chi connectivity index (χ3n) is 5.45. The van der Waals surface area contributed by atoms with Crippen LogP contribution in [0.25, 0.3) is 0 Å². The predicted molar refractivity (Wildman–Crippen MR) is 111 cm³/mol. The quantitative estimate of drug-likeness (QED) is 0.708. The Kier molecular flexibility index (Phi) is 4.43. The fourth-order valence-electron chi connectivity index (χ4n) is 3.99. The van der Waals surface area contributed by atoms with E-state index in [9.17, 15) is 5.11 Å². The first-order chi connectivity index (χ1) is 14.7. The summed E-state index contributed by atoms with van der Waals surface area (Å²) in [7, 11) is 3.17. The van der Waals surface area contributed by atoms with Crippen LogP contribution in [0.2, 0.25) is 0 Å². The van der Waals surface area contributed by atoms with Gasteiger partial charge >= 0.3 is 0 Å². The van der Waals surface area contributed by atoms with E-state index in [4.69, 9.17) is 19.3 Å². The van der Waals surface area contributed by atoms with E-state index in [1.54, 1.807) is 25.4 Å². The lowest BCUT2D eigenvalue weighted by molar-refractivity contribution is -0.0236. The van der Waals surface area contributed by atoms with Crippen LogP contribution in [0, 0.1) is 0 Å². The van der Waals surface area contributed by atoms with Gasteiger partial charge in [-0.15, -0.1) is 0 Å². The van der Waals surface area contributed by atoms with E-state index in [1.165, 1.54) is 7.11 Å². The van der Waals surface area contributed by atoms with Crippen LogP contribution in [0.5, 0.6) is 23.0 Å². The molecule has 0 unspecified atom stereocenters. The average Bonchev–Trinajstić information content (AvgIpc) is 3.24. The van der Waals surface area contributed by atoms with Gasteiger partial charge in [0.1, 0.15) is 5.69 Å². The van der Waals surface area contributed by atoms with Gasteiger partial charge in [-0.05, 0) is 36.4 Å². The number of methoxy groups -OCH3 is 2. The van der Waals surface area contributed by atoms with Gasteiger partial charge in [0, 0.05) is 23.7 Å². The molecule has 152 valence electrons. The number of fused-ring (bicyclic) bond motifs is 3. The monoisotopic (exact) mass is 403 g/mol. The van der Waals surface area contributed by atoms with Crippen molar-refractivity contribution in [3.8, 4) is 23.0 Å². The van der Waals surface area contributed by atoms with Crippen molar-refractivity contribution in [3.05, 3.63) is 77.6 Å². The van der Waals surface area contributed by atoms with Gasteiger partial charge in [0.2, 0.25) is 6.23 Å². The first-order valence-electron chi connectivity index (χ1n) is 9.67. The minimum absolute atomic E-state index is 0.0225. The summed E-state index contributed by atoms with van der Waals surface area (Å²) in [6.45, 7) is 0. The normalized spacial score (nSPS) is 19.4. The number of ether oxygens (including phenoxy) is 3. The molecule has 7 heteroatoms. The number of hydrazone groups is 1. The summed E-state index contributed by atoms with van der Waals surface area (Å²) < 4.78 is 17.2. The highest BCUT2D eigenvalue weighted by molar-refractivity contribution is 6.02. The second kappa shape index (κ2) is 7.26. The Balaban J connectivity index is 1.61. The van der Waals surface area contributed by atoms with Gasteiger partial charge in [-0.1, -0.05) is 18.2 Å². The Bertz CT molecular complexity index is 1120. The summed E-state index contributed by atoms with van der Waals surface area (Å²) in [6.07, 6.45) is 1.95. The number of para-hydroxylation sites is 1. The molecule has 7 nitrogen and oxygen atoms in total. The maximum atomic E-state index is 9.95. The maximum Gasteiger partial charge on any atom is 0.230 e. The summed E-state index contributed by atoms with van der Waals surface area (Å²) in [5.74, 6) is 1.92. The van der Waals surface area contributed by atoms with Crippen LogP contribution in [0.3, 0.4) is 0 Å². The molecule has 0 saturated carbocycles. The highest BCUT2D eigenvalue weighted by Crippen LogP contribution is 2.50. The Hall–Kier alpha value is -3.74. The third-order valence-corrected chi connectivity index (χ3v) is 5.45. The summed E-state index contributed by atoms with van der Waals surface area (Å²) in [6, 6.07) is 16.9. The Morgan fingerprint density at radius 2 is 1.90 bits per heavy atom. The fourth-order valence-corrected chi connectivity index (χ4v) is 3.99. The van der Waals surface area contributed by atoms with Crippen molar-refractivity contribution in [2.24, 2.45) is 5.10 Å². The van der Waals surface area contributed by atoms with Crippen LogP contribution in [-0.2, 0) is 0 Å². The summed E-state index contributed by atoms with van der Waals surface area (Å²) in [5, 5.41) is 16.8. The molecule has 0 radical (unpaired) electrons. The lowest BCUT2D eigenvalue weighted by atomic mass is 9.96. The maximum absolute atomic E-state index is 9.95. The molecule has 0 amide bonds. The van der Waals surface area contributed by atoms with Crippen LogP contribution in [0.4, 0.5) is 0 Å². The molecule has 1 aromatic heterocycles. The highest BCUT2D eigenvalue weighted by Gasteiger charge is 2.42. The molecular formula is C23H21N3O4. The largest absolute Gasteiger partial charge is 0.504 e. The zero-order chi connectivity index (χ0) is 20.7. The molecule has 1 N–H and O–H groups in total. The lowest BCUT2D eigenvalue weighted by Gasteiger charge is -2.38. The Morgan fingerprint density at radius 3 is 2.67 bits per heavy atom. The van der Waals surface area contributed by atoms with Crippen LogP contribution in [-0.4, -0.2) is 35.0 Å². The molecule has 2 aromatic carbocycles. The van der Waals surface area contributed by atoms with Crippen LogP contribution in [0.1, 0.15) is 35.5 Å². The molecule has 30 heavy (non-hydrogen) atoms. The molecule has 3 heterocycles. The van der Waals surface area contributed by atoms with Crippen LogP contribution < -0.4 is 14.2 Å². The second-order valence-corrected chi connectivity index (χ2v) is 7.14. The zero-order valence-corrected chi connectivity index (χ0v) is 16.6. The van der Waals surface area contributed by atoms with E-state index in [0.29, 0.717) is 17.9 Å².